The van der Waals surface area contributed by atoms with Gasteiger partial charge < -0.3 is 29.0 Å². The summed E-state index contributed by atoms with van der Waals surface area (Å²) in [5.74, 6) is 0.375. The van der Waals surface area contributed by atoms with Crippen molar-refractivity contribution in [2.45, 2.75) is 104 Å². The molecule has 1 saturated heterocycles. The topological polar surface area (TPSA) is 108 Å². The number of aromatic nitrogens is 3. The van der Waals surface area contributed by atoms with E-state index in [2.05, 4.69) is 31.0 Å². The normalized spacial score (nSPS) is 16.3. The highest BCUT2D eigenvalue weighted by Crippen LogP contribution is 2.37. The van der Waals surface area contributed by atoms with Crippen molar-refractivity contribution in [2.24, 2.45) is 0 Å². The van der Waals surface area contributed by atoms with Gasteiger partial charge in [-0.15, -0.1) is 13.2 Å². The Kier molecular flexibility index (Phi) is 11.3. The van der Waals surface area contributed by atoms with Crippen LogP contribution in [0.4, 0.5) is 5.82 Å². The summed E-state index contributed by atoms with van der Waals surface area (Å²) in [5, 5.41) is 15.3. The number of carbonyl (C=O) groups is 1. The van der Waals surface area contributed by atoms with Gasteiger partial charge in [-0.3, -0.25) is 0 Å². The van der Waals surface area contributed by atoms with Gasteiger partial charge in [-0.05, 0) is 67.4 Å². The van der Waals surface area contributed by atoms with Gasteiger partial charge in [0.1, 0.15) is 11.6 Å². The van der Waals surface area contributed by atoms with Crippen LogP contribution in [0.1, 0.15) is 88.1 Å². The zero-order valence-corrected chi connectivity index (χ0v) is 28.5. The van der Waals surface area contributed by atoms with Crippen LogP contribution in [0.15, 0.2) is 49.6 Å². The zero-order valence-electron chi connectivity index (χ0n) is 28.5. The Balaban J connectivity index is 1.67. The van der Waals surface area contributed by atoms with Crippen LogP contribution in [0.25, 0.3) is 5.65 Å². The van der Waals surface area contributed by atoms with Crippen LogP contribution in [-0.2, 0) is 32.2 Å². The molecule has 1 aliphatic heterocycles. The van der Waals surface area contributed by atoms with E-state index in [1.54, 1.807) is 10.6 Å². The van der Waals surface area contributed by atoms with Crippen molar-refractivity contribution >= 4 is 17.4 Å². The van der Waals surface area contributed by atoms with E-state index in [0.717, 1.165) is 36.1 Å². The van der Waals surface area contributed by atoms with Gasteiger partial charge >= 0.3 is 5.97 Å². The van der Waals surface area contributed by atoms with Crippen molar-refractivity contribution in [2.75, 3.05) is 24.6 Å². The van der Waals surface area contributed by atoms with Gasteiger partial charge in [0.05, 0.1) is 48.4 Å². The lowest BCUT2D eigenvalue weighted by Gasteiger charge is -2.41. The zero-order chi connectivity index (χ0) is 33.6. The molecule has 46 heavy (non-hydrogen) atoms. The molecule has 1 N–H and O–H groups in total. The molecule has 3 heterocycles. The Hall–Kier alpha value is -3.73. The van der Waals surface area contributed by atoms with Gasteiger partial charge in [-0.25, -0.2) is 9.78 Å². The van der Waals surface area contributed by atoms with Gasteiger partial charge in [0.2, 0.25) is 0 Å². The van der Waals surface area contributed by atoms with Crippen LogP contribution in [0.3, 0.4) is 0 Å². The summed E-state index contributed by atoms with van der Waals surface area (Å²) in [4.78, 5) is 19.7. The summed E-state index contributed by atoms with van der Waals surface area (Å²) >= 11 is 0. The van der Waals surface area contributed by atoms with Crippen molar-refractivity contribution in [3.8, 4) is 5.75 Å². The second-order valence-electron chi connectivity index (χ2n) is 13.4. The predicted octanol–water partition coefficient (Wildman–Crippen LogP) is 6.91. The van der Waals surface area contributed by atoms with Crippen molar-refractivity contribution in [3.05, 3.63) is 77.7 Å². The van der Waals surface area contributed by atoms with Crippen molar-refractivity contribution < 1.29 is 28.8 Å². The Morgan fingerprint density at radius 3 is 2.48 bits per heavy atom. The average molecular weight is 635 g/mol. The number of aliphatic carboxylic acids is 1. The third-order valence-corrected chi connectivity index (χ3v) is 8.03. The third kappa shape index (κ3) is 8.74. The number of nitrogens with zero attached hydrogens (tertiary/aromatic N) is 4. The predicted molar refractivity (Wildman–Crippen MR) is 180 cm³/mol. The number of ether oxygens (including phenoxy) is 4. The summed E-state index contributed by atoms with van der Waals surface area (Å²) in [7, 11) is 0. The van der Waals surface area contributed by atoms with Crippen LogP contribution in [0, 0.1) is 13.8 Å². The molecule has 1 aliphatic rings. The Bertz CT molecular complexity index is 1530. The molecule has 3 aromatic rings. The number of carboxylic acid groups (broad SMARTS) is 1. The SMILES string of the molecule is C=CCOC1(C)CCN(c2c([C@H](OC(C)(C)C)C(=O)O)c(C)nc3cc(COCc4cc(C)ccc4OC(C)CC=C)nn23)CC1. The van der Waals surface area contributed by atoms with Crippen molar-refractivity contribution in [1.29, 1.82) is 0 Å². The average Bonchev–Trinajstić information content (AvgIpc) is 3.38. The number of benzene rings is 1. The van der Waals surface area contributed by atoms with Crippen LogP contribution >= 0.6 is 0 Å². The number of hydrogen-bond acceptors (Lipinski definition) is 8. The van der Waals surface area contributed by atoms with Gasteiger partial charge in [-0.1, -0.05) is 29.8 Å². The molecule has 250 valence electrons. The van der Waals surface area contributed by atoms with E-state index in [-0.39, 0.29) is 18.3 Å². The molecule has 10 heteroatoms. The number of fused-ring (bicyclic) bond motifs is 1. The number of anilines is 1. The molecule has 0 saturated carbocycles. The van der Waals surface area contributed by atoms with Gasteiger partial charge in [0.15, 0.2) is 11.8 Å². The van der Waals surface area contributed by atoms with E-state index < -0.39 is 17.7 Å². The fourth-order valence-electron chi connectivity index (χ4n) is 5.73. The Morgan fingerprint density at radius 2 is 1.85 bits per heavy atom. The maximum Gasteiger partial charge on any atom is 0.337 e. The lowest BCUT2D eigenvalue weighted by Crippen LogP contribution is -2.45. The highest BCUT2D eigenvalue weighted by Gasteiger charge is 2.37. The number of piperidine rings is 1. The van der Waals surface area contributed by atoms with Crippen LogP contribution in [-0.4, -0.2) is 62.7 Å². The number of hydrogen-bond donors (Lipinski definition) is 1. The molecule has 0 spiro atoms. The standard InChI is InChI=1S/C36H50N4O6/c1-10-12-25(4)45-29-14-13-24(3)20-27(29)22-43-23-28-21-30-37-26(5)31(32(34(41)42)46-35(6,7)8)33(40(30)38-28)39-17-15-36(9,16-18-39)44-19-11-2/h10-11,13-14,20-21,25,32H,1-2,12,15-19,22-23H2,3-9H3,(H,41,42)/t25?,32-/m0/s1. The third-order valence-electron chi connectivity index (χ3n) is 8.03. The summed E-state index contributed by atoms with van der Waals surface area (Å²) < 4.78 is 26.3. The molecule has 2 aromatic heterocycles. The van der Waals surface area contributed by atoms with E-state index in [0.29, 0.717) is 54.7 Å². The first-order chi connectivity index (χ1) is 21.7. The maximum absolute atomic E-state index is 12.7. The highest BCUT2D eigenvalue weighted by atomic mass is 16.5. The summed E-state index contributed by atoms with van der Waals surface area (Å²) in [5.41, 5.74) is 3.44. The molecule has 0 radical (unpaired) electrons. The fourth-order valence-corrected chi connectivity index (χ4v) is 5.73. The van der Waals surface area contributed by atoms with Crippen LogP contribution in [0.5, 0.6) is 5.75 Å². The van der Waals surface area contributed by atoms with Crippen molar-refractivity contribution in [1.82, 2.24) is 14.6 Å². The molecular weight excluding hydrogens is 584 g/mol. The monoisotopic (exact) mass is 634 g/mol. The first-order valence-corrected chi connectivity index (χ1v) is 16.0. The fraction of sp³-hybridized carbons (Fsp3) is 0.528. The second kappa shape index (κ2) is 14.8. The molecule has 4 rings (SSSR count). The van der Waals surface area contributed by atoms with E-state index >= 15 is 0 Å². The first-order valence-electron chi connectivity index (χ1n) is 16.0. The van der Waals surface area contributed by atoms with Gasteiger partial charge in [0, 0.05) is 36.8 Å². The largest absolute Gasteiger partial charge is 0.490 e. The number of rotatable bonds is 15. The minimum absolute atomic E-state index is 0.00239. The molecule has 0 bridgehead atoms. The minimum Gasteiger partial charge on any atom is -0.490 e. The first kappa shape index (κ1) is 35.1. The van der Waals surface area contributed by atoms with E-state index in [4.69, 9.17) is 29.0 Å². The molecule has 0 amide bonds. The summed E-state index contributed by atoms with van der Waals surface area (Å²) in [6.45, 7) is 23.5. The Labute approximate surface area is 273 Å². The molecule has 1 unspecified atom stereocenters. The number of aryl methyl sites for hydroxylation is 2. The van der Waals surface area contributed by atoms with Gasteiger partial charge in [0.25, 0.3) is 0 Å². The molecular formula is C36H50N4O6. The summed E-state index contributed by atoms with van der Waals surface area (Å²) in [6, 6.07) is 7.96. The van der Waals surface area contributed by atoms with E-state index in [9.17, 15) is 9.90 Å². The minimum atomic E-state index is -1.23. The molecule has 1 aromatic carbocycles. The quantitative estimate of drug-likeness (QED) is 0.179. The maximum atomic E-state index is 12.7. The molecule has 2 atom stereocenters. The Morgan fingerprint density at radius 1 is 1.13 bits per heavy atom. The van der Waals surface area contributed by atoms with E-state index in [1.165, 1.54) is 0 Å². The van der Waals surface area contributed by atoms with Crippen molar-refractivity contribution in [3.63, 3.8) is 0 Å². The van der Waals surface area contributed by atoms with Crippen LogP contribution < -0.4 is 9.64 Å². The molecule has 0 aliphatic carbocycles. The second-order valence-corrected chi connectivity index (χ2v) is 13.4. The lowest BCUT2D eigenvalue weighted by atomic mass is 9.92. The smallest absolute Gasteiger partial charge is 0.337 e. The molecule has 10 nitrogen and oxygen atoms in total. The summed E-state index contributed by atoms with van der Waals surface area (Å²) in [6.07, 6.45) is 4.63. The van der Waals surface area contributed by atoms with E-state index in [1.807, 2.05) is 65.8 Å². The molecule has 1 fully saturated rings. The number of carboxylic acids is 1. The highest BCUT2D eigenvalue weighted by molar-refractivity contribution is 5.78. The van der Waals surface area contributed by atoms with Gasteiger partial charge in [-0.2, -0.15) is 9.61 Å². The lowest BCUT2D eigenvalue weighted by molar-refractivity contribution is -0.160. The van der Waals surface area contributed by atoms with Crippen LogP contribution in [0.2, 0.25) is 0 Å².